The van der Waals surface area contributed by atoms with Crippen LogP contribution in [0.1, 0.15) is 58.3 Å². The van der Waals surface area contributed by atoms with E-state index in [0.717, 1.165) is 32.1 Å². The molecule has 2 rings (SSSR count). The van der Waals surface area contributed by atoms with Crippen molar-refractivity contribution < 1.29 is 14.7 Å². The largest absolute Gasteiger partial charge is 0.396 e. The van der Waals surface area contributed by atoms with E-state index in [1.165, 1.54) is 6.42 Å². The fourth-order valence-corrected chi connectivity index (χ4v) is 3.62. The Hall–Kier alpha value is -1.10. The Morgan fingerprint density at radius 1 is 1.33 bits per heavy atom. The van der Waals surface area contributed by atoms with Crippen molar-refractivity contribution in [1.29, 1.82) is 0 Å². The van der Waals surface area contributed by atoms with Gasteiger partial charge in [-0.3, -0.25) is 9.59 Å². The molecule has 2 amide bonds. The van der Waals surface area contributed by atoms with Gasteiger partial charge in [0.15, 0.2) is 0 Å². The molecule has 5 nitrogen and oxygen atoms in total. The Bertz CT molecular complexity index is 373. The molecule has 2 fully saturated rings. The molecule has 3 atom stereocenters. The highest BCUT2D eigenvalue weighted by Gasteiger charge is 2.33. The van der Waals surface area contributed by atoms with Crippen LogP contribution in [0.4, 0.5) is 0 Å². The van der Waals surface area contributed by atoms with Gasteiger partial charge in [-0.15, -0.1) is 0 Å². The number of aliphatic hydroxyl groups excluding tert-OH is 1. The zero-order chi connectivity index (χ0) is 15.2. The summed E-state index contributed by atoms with van der Waals surface area (Å²) in [6.45, 7) is 2.77. The van der Waals surface area contributed by atoms with Crippen LogP contribution < -0.4 is 5.32 Å². The first kappa shape index (κ1) is 16.3. The number of likely N-dealkylation sites (tertiary alicyclic amines) is 1. The number of nitrogens with one attached hydrogen (secondary N) is 1. The molecule has 1 saturated heterocycles. The highest BCUT2D eigenvalue weighted by atomic mass is 16.3. The van der Waals surface area contributed by atoms with E-state index in [0.29, 0.717) is 19.4 Å². The molecular formula is C16H28N2O3. The summed E-state index contributed by atoms with van der Waals surface area (Å²) in [5.74, 6) is 0.206. The number of amides is 2. The van der Waals surface area contributed by atoms with Crippen molar-refractivity contribution in [3.05, 3.63) is 0 Å². The number of nitrogens with zero attached hydrogens (tertiary/aromatic N) is 1. The molecule has 1 saturated carbocycles. The van der Waals surface area contributed by atoms with Crippen LogP contribution >= 0.6 is 0 Å². The minimum Gasteiger partial charge on any atom is -0.396 e. The van der Waals surface area contributed by atoms with Gasteiger partial charge in [0.05, 0.1) is 0 Å². The summed E-state index contributed by atoms with van der Waals surface area (Å²) in [6, 6.07) is -0.292. The van der Waals surface area contributed by atoms with Gasteiger partial charge in [0.25, 0.3) is 0 Å². The lowest BCUT2D eigenvalue weighted by Gasteiger charge is -2.30. The molecule has 0 aromatic heterocycles. The molecular weight excluding hydrogens is 268 g/mol. The molecule has 1 aliphatic heterocycles. The molecule has 0 bridgehead atoms. The lowest BCUT2D eigenvalue weighted by Crippen LogP contribution is -2.51. The average Bonchev–Trinajstić information content (AvgIpc) is 2.76. The predicted molar refractivity (Wildman–Crippen MR) is 80.6 cm³/mol. The first-order valence-corrected chi connectivity index (χ1v) is 8.38. The monoisotopic (exact) mass is 296 g/mol. The van der Waals surface area contributed by atoms with Gasteiger partial charge < -0.3 is 15.3 Å². The van der Waals surface area contributed by atoms with E-state index in [2.05, 4.69) is 5.32 Å². The van der Waals surface area contributed by atoms with E-state index >= 15 is 0 Å². The molecule has 3 unspecified atom stereocenters. The third kappa shape index (κ3) is 3.96. The van der Waals surface area contributed by atoms with Crippen LogP contribution in [0.15, 0.2) is 0 Å². The summed E-state index contributed by atoms with van der Waals surface area (Å²) >= 11 is 0. The smallest absolute Gasteiger partial charge is 0.243 e. The van der Waals surface area contributed by atoms with Crippen molar-refractivity contribution in [1.82, 2.24) is 10.2 Å². The summed E-state index contributed by atoms with van der Waals surface area (Å²) in [5.41, 5.74) is 0. The lowest BCUT2D eigenvalue weighted by molar-refractivity contribution is -0.138. The van der Waals surface area contributed by atoms with Crippen LogP contribution in [0.3, 0.4) is 0 Å². The Balaban J connectivity index is 1.98. The van der Waals surface area contributed by atoms with Crippen molar-refractivity contribution in [2.45, 2.75) is 70.4 Å². The zero-order valence-electron chi connectivity index (χ0n) is 13.0. The first-order chi connectivity index (χ1) is 10.2. The lowest BCUT2D eigenvalue weighted by atomic mass is 9.95. The van der Waals surface area contributed by atoms with Gasteiger partial charge in [-0.05, 0) is 25.7 Å². The number of aliphatic hydroxyl groups is 1. The van der Waals surface area contributed by atoms with Gasteiger partial charge in [0.2, 0.25) is 11.8 Å². The zero-order valence-corrected chi connectivity index (χ0v) is 13.0. The number of hydrogen-bond acceptors (Lipinski definition) is 3. The molecule has 0 spiro atoms. The Labute approximate surface area is 127 Å². The highest BCUT2D eigenvalue weighted by molar-refractivity contribution is 5.88. The summed E-state index contributed by atoms with van der Waals surface area (Å²) in [6.07, 6.45) is 7.36. The molecule has 1 aliphatic carbocycles. The number of rotatable bonds is 5. The van der Waals surface area contributed by atoms with Crippen LogP contribution in [0.25, 0.3) is 0 Å². The van der Waals surface area contributed by atoms with E-state index in [9.17, 15) is 14.7 Å². The van der Waals surface area contributed by atoms with E-state index in [-0.39, 0.29) is 36.4 Å². The second-order valence-corrected chi connectivity index (χ2v) is 6.31. The van der Waals surface area contributed by atoms with Crippen molar-refractivity contribution >= 4 is 11.8 Å². The fourth-order valence-electron chi connectivity index (χ4n) is 3.62. The van der Waals surface area contributed by atoms with Crippen LogP contribution in [-0.4, -0.2) is 47.1 Å². The first-order valence-electron chi connectivity index (χ1n) is 8.38. The predicted octanol–water partition coefficient (Wildman–Crippen LogP) is 1.44. The topological polar surface area (TPSA) is 69.6 Å². The van der Waals surface area contributed by atoms with E-state index in [4.69, 9.17) is 0 Å². The molecule has 21 heavy (non-hydrogen) atoms. The quantitative estimate of drug-likeness (QED) is 0.754. The SMILES string of the molecule is CCC(C(=O)NC1CCCCCC1CO)N1CCCC1=O. The molecule has 0 radical (unpaired) electrons. The minimum atomic E-state index is -0.345. The maximum Gasteiger partial charge on any atom is 0.243 e. The fraction of sp³-hybridized carbons (Fsp3) is 0.875. The highest BCUT2D eigenvalue weighted by Crippen LogP contribution is 2.24. The Morgan fingerprint density at radius 2 is 2.10 bits per heavy atom. The molecule has 5 heteroatoms. The van der Waals surface area contributed by atoms with Crippen LogP contribution in [0.2, 0.25) is 0 Å². The van der Waals surface area contributed by atoms with E-state index in [1.54, 1.807) is 4.90 Å². The second kappa shape index (κ2) is 7.78. The van der Waals surface area contributed by atoms with E-state index < -0.39 is 0 Å². The molecule has 0 aromatic rings. The normalized spacial score (nSPS) is 28.3. The number of carbonyl (C=O) groups excluding carboxylic acids is 2. The molecule has 120 valence electrons. The van der Waals surface area contributed by atoms with Crippen LogP contribution in [-0.2, 0) is 9.59 Å². The van der Waals surface area contributed by atoms with Gasteiger partial charge in [-0.2, -0.15) is 0 Å². The van der Waals surface area contributed by atoms with Crippen LogP contribution in [0.5, 0.6) is 0 Å². The third-order valence-corrected chi connectivity index (χ3v) is 4.90. The summed E-state index contributed by atoms with van der Waals surface area (Å²) in [4.78, 5) is 26.1. The number of hydrogen-bond donors (Lipinski definition) is 2. The van der Waals surface area contributed by atoms with Crippen molar-refractivity contribution in [2.24, 2.45) is 5.92 Å². The summed E-state index contributed by atoms with van der Waals surface area (Å²) in [5, 5.41) is 12.6. The second-order valence-electron chi connectivity index (χ2n) is 6.31. The molecule has 2 N–H and O–H groups in total. The maximum absolute atomic E-state index is 12.6. The van der Waals surface area contributed by atoms with Gasteiger partial charge in [0.1, 0.15) is 6.04 Å². The van der Waals surface area contributed by atoms with Crippen molar-refractivity contribution in [3.8, 4) is 0 Å². The molecule has 2 aliphatic rings. The summed E-state index contributed by atoms with van der Waals surface area (Å²) < 4.78 is 0. The maximum atomic E-state index is 12.6. The third-order valence-electron chi connectivity index (χ3n) is 4.90. The summed E-state index contributed by atoms with van der Waals surface area (Å²) in [7, 11) is 0. The standard InChI is InChI=1S/C16H28N2O3/c1-2-14(18-10-6-9-15(18)20)16(21)17-13-8-5-3-4-7-12(13)11-19/h12-14,19H,2-11H2,1H3,(H,17,21). The number of carbonyl (C=O) groups is 2. The van der Waals surface area contributed by atoms with Gasteiger partial charge >= 0.3 is 0 Å². The Kier molecular flexibility index (Phi) is 6.03. The van der Waals surface area contributed by atoms with Gasteiger partial charge in [0, 0.05) is 31.5 Å². The van der Waals surface area contributed by atoms with Gasteiger partial charge in [-0.1, -0.05) is 26.2 Å². The van der Waals surface area contributed by atoms with Gasteiger partial charge in [-0.25, -0.2) is 0 Å². The van der Waals surface area contributed by atoms with E-state index in [1.807, 2.05) is 6.92 Å². The molecule has 1 heterocycles. The molecule has 0 aromatic carbocycles. The minimum absolute atomic E-state index is 0.0434. The van der Waals surface area contributed by atoms with Crippen molar-refractivity contribution in [3.63, 3.8) is 0 Å². The Morgan fingerprint density at radius 3 is 2.71 bits per heavy atom. The average molecular weight is 296 g/mol. The van der Waals surface area contributed by atoms with Crippen LogP contribution in [0, 0.1) is 5.92 Å². The van der Waals surface area contributed by atoms with Crippen molar-refractivity contribution in [2.75, 3.05) is 13.2 Å².